The van der Waals surface area contributed by atoms with Gasteiger partial charge in [-0.2, -0.15) is 0 Å². The topological polar surface area (TPSA) is 81.4 Å². The predicted molar refractivity (Wildman–Crippen MR) is 57.9 cm³/mol. The molecule has 1 aromatic heterocycles. The van der Waals surface area contributed by atoms with Gasteiger partial charge in [0.1, 0.15) is 5.52 Å². The van der Waals surface area contributed by atoms with Crippen LogP contribution in [0, 0.1) is 0 Å². The molecule has 6 heteroatoms. The third-order valence-corrected chi connectivity index (χ3v) is 2.22. The van der Waals surface area contributed by atoms with Gasteiger partial charge < -0.3 is 14.5 Å². The van der Waals surface area contributed by atoms with Crippen LogP contribution in [0.1, 0.15) is 5.56 Å². The van der Waals surface area contributed by atoms with Crippen molar-refractivity contribution in [3.8, 4) is 0 Å². The van der Waals surface area contributed by atoms with Crippen LogP contribution < -0.4 is 5.32 Å². The minimum Gasteiger partial charge on any atom is -0.462 e. The summed E-state index contributed by atoms with van der Waals surface area (Å²) in [5, 5.41) is 2.43. The second-order valence-electron chi connectivity index (χ2n) is 3.33. The molecule has 1 aromatic carbocycles. The van der Waals surface area contributed by atoms with Crippen LogP contribution in [-0.2, 0) is 20.9 Å². The average Bonchev–Trinajstić information content (AvgIpc) is 2.82. The molecule has 0 aliphatic carbocycles. The lowest BCUT2D eigenvalue weighted by Crippen LogP contribution is -2.31. The number of carbonyl (C=O) groups excluding carboxylic acids is 2. The number of aromatic nitrogens is 1. The first kappa shape index (κ1) is 11.1. The lowest BCUT2D eigenvalue weighted by molar-refractivity contribution is -0.152. The molecule has 88 valence electrons. The number of amides is 1. The summed E-state index contributed by atoms with van der Waals surface area (Å²) in [7, 11) is 1.16. The standard InChI is InChI=1S/C11H10N2O4/c1-16-11(15)10(14)12-5-7-2-3-8-9(4-7)17-6-13-8/h2-4,6H,5H2,1H3,(H,12,14). The van der Waals surface area contributed by atoms with Gasteiger partial charge in [0.2, 0.25) is 0 Å². The van der Waals surface area contributed by atoms with Gasteiger partial charge in [0.05, 0.1) is 7.11 Å². The van der Waals surface area contributed by atoms with Gasteiger partial charge in [-0.3, -0.25) is 4.79 Å². The molecule has 0 unspecified atom stereocenters. The van der Waals surface area contributed by atoms with Gasteiger partial charge in [-0.15, -0.1) is 0 Å². The van der Waals surface area contributed by atoms with Crippen LogP contribution in [-0.4, -0.2) is 24.0 Å². The van der Waals surface area contributed by atoms with Crippen molar-refractivity contribution in [1.29, 1.82) is 0 Å². The zero-order chi connectivity index (χ0) is 12.3. The van der Waals surface area contributed by atoms with E-state index in [1.165, 1.54) is 6.39 Å². The van der Waals surface area contributed by atoms with E-state index in [-0.39, 0.29) is 6.54 Å². The first-order chi connectivity index (χ1) is 8.20. The summed E-state index contributed by atoms with van der Waals surface area (Å²) in [6.07, 6.45) is 1.35. The van der Waals surface area contributed by atoms with Crippen LogP contribution in [0.2, 0.25) is 0 Å². The van der Waals surface area contributed by atoms with E-state index < -0.39 is 11.9 Å². The van der Waals surface area contributed by atoms with Crippen LogP contribution >= 0.6 is 0 Å². The molecule has 1 heterocycles. The number of ether oxygens (including phenoxy) is 1. The van der Waals surface area contributed by atoms with Crippen molar-refractivity contribution in [3.05, 3.63) is 30.2 Å². The predicted octanol–water partition coefficient (Wildman–Crippen LogP) is 0.617. The molecular formula is C11H10N2O4. The van der Waals surface area contributed by atoms with Crippen LogP contribution in [0.25, 0.3) is 11.1 Å². The molecule has 0 saturated carbocycles. The monoisotopic (exact) mass is 234 g/mol. The summed E-state index contributed by atoms with van der Waals surface area (Å²) < 4.78 is 9.40. The van der Waals surface area contributed by atoms with E-state index >= 15 is 0 Å². The Balaban J connectivity index is 2.03. The van der Waals surface area contributed by atoms with Gasteiger partial charge in [-0.05, 0) is 17.7 Å². The molecule has 2 aromatic rings. The van der Waals surface area contributed by atoms with Gasteiger partial charge in [-0.1, -0.05) is 6.07 Å². The smallest absolute Gasteiger partial charge is 0.396 e. The zero-order valence-corrected chi connectivity index (χ0v) is 9.10. The maximum Gasteiger partial charge on any atom is 0.396 e. The van der Waals surface area contributed by atoms with Crippen molar-refractivity contribution in [3.63, 3.8) is 0 Å². The number of nitrogens with one attached hydrogen (secondary N) is 1. The first-order valence-electron chi connectivity index (χ1n) is 4.89. The molecule has 1 N–H and O–H groups in total. The van der Waals surface area contributed by atoms with Crippen LogP contribution in [0.15, 0.2) is 29.0 Å². The third kappa shape index (κ3) is 2.41. The number of hydrogen-bond donors (Lipinski definition) is 1. The highest BCUT2D eigenvalue weighted by atomic mass is 16.5. The fourth-order valence-corrected chi connectivity index (χ4v) is 1.36. The van der Waals surface area contributed by atoms with E-state index in [1.807, 2.05) is 0 Å². The van der Waals surface area contributed by atoms with E-state index in [4.69, 9.17) is 4.42 Å². The number of fused-ring (bicyclic) bond motifs is 1. The molecule has 17 heavy (non-hydrogen) atoms. The SMILES string of the molecule is COC(=O)C(=O)NCc1ccc2ncoc2c1. The van der Waals surface area contributed by atoms with E-state index in [9.17, 15) is 9.59 Å². The number of carbonyl (C=O) groups is 2. The number of rotatable bonds is 2. The first-order valence-corrected chi connectivity index (χ1v) is 4.89. The fourth-order valence-electron chi connectivity index (χ4n) is 1.36. The summed E-state index contributed by atoms with van der Waals surface area (Å²) in [5.74, 6) is -1.68. The number of benzene rings is 1. The Morgan fingerprint density at radius 2 is 2.29 bits per heavy atom. The summed E-state index contributed by atoms with van der Waals surface area (Å²) in [6, 6.07) is 5.32. The summed E-state index contributed by atoms with van der Waals surface area (Å²) in [5.41, 5.74) is 2.19. The average molecular weight is 234 g/mol. The van der Waals surface area contributed by atoms with E-state index in [1.54, 1.807) is 18.2 Å². The van der Waals surface area contributed by atoms with Crippen LogP contribution in [0.3, 0.4) is 0 Å². The Labute approximate surface area is 96.6 Å². The minimum absolute atomic E-state index is 0.227. The Kier molecular flexibility index (Phi) is 3.04. The molecule has 0 spiro atoms. The third-order valence-electron chi connectivity index (χ3n) is 2.22. The Bertz CT molecular complexity index is 561. The Morgan fingerprint density at radius 1 is 1.47 bits per heavy atom. The molecule has 1 amide bonds. The molecule has 0 aliphatic rings. The molecule has 0 fully saturated rings. The van der Waals surface area contributed by atoms with Gasteiger partial charge in [0.15, 0.2) is 12.0 Å². The normalized spacial score (nSPS) is 10.2. The Hall–Kier alpha value is -2.37. The Morgan fingerprint density at radius 3 is 3.06 bits per heavy atom. The number of esters is 1. The van der Waals surface area contributed by atoms with Gasteiger partial charge in [0.25, 0.3) is 0 Å². The largest absolute Gasteiger partial charge is 0.462 e. The molecular weight excluding hydrogens is 224 g/mol. The fraction of sp³-hybridized carbons (Fsp3) is 0.182. The summed E-state index contributed by atoms with van der Waals surface area (Å²) >= 11 is 0. The molecule has 0 saturated heterocycles. The summed E-state index contributed by atoms with van der Waals surface area (Å²) in [6.45, 7) is 0.227. The highest BCUT2D eigenvalue weighted by molar-refractivity contribution is 6.32. The lowest BCUT2D eigenvalue weighted by atomic mass is 10.2. The van der Waals surface area contributed by atoms with Crippen LogP contribution in [0.5, 0.6) is 0 Å². The van der Waals surface area contributed by atoms with Crippen molar-refractivity contribution < 1.29 is 18.7 Å². The van der Waals surface area contributed by atoms with E-state index in [2.05, 4.69) is 15.0 Å². The molecule has 6 nitrogen and oxygen atoms in total. The summed E-state index contributed by atoms with van der Waals surface area (Å²) in [4.78, 5) is 25.9. The van der Waals surface area contributed by atoms with E-state index in [0.29, 0.717) is 5.58 Å². The van der Waals surface area contributed by atoms with Gasteiger partial charge in [0, 0.05) is 6.54 Å². The quantitative estimate of drug-likeness (QED) is 0.608. The lowest BCUT2D eigenvalue weighted by Gasteiger charge is -2.03. The number of nitrogens with zero attached hydrogens (tertiary/aromatic N) is 1. The van der Waals surface area contributed by atoms with Crippen molar-refractivity contribution >= 4 is 23.0 Å². The maximum atomic E-state index is 11.1. The number of oxazole rings is 1. The molecule has 2 rings (SSSR count). The highest BCUT2D eigenvalue weighted by Gasteiger charge is 2.12. The maximum absolute atomic E-state index is 11.1. The second kappa shape index (κ2) is 4.65. The minimum atomic E-state index is -0.911. The van der Waals surface area contributed by atoms with Crippen molar-refractivity contribution in [2.24, 2.45) is 0 Å². The number of methoxy groups -OCH3 is 1. The van der Waals surface area contributed by atoms with Crippen molar-refractivity contribution in [1.82, 2.24) is 10.3 Å². The van der Waals surface area contributed by atoms with Crippen molar-refractivity contribution in [2.45, 2.75) is 6.54 Å². The van der Waals surface area contributed by atoms with Gasteiger partial charge in [-0.25, -0.2) is 9.78 Å². The number of hydrogen-bond acceptors (Lipinski definition) is 5. The zero-order valence-electron chi connectivity index (χ0n) is 9.10. The van der Waals surface area contributed by atoms with Crippen molar-refractivity contribution in [2.75, 3.05) is 7.11 Å². The highest BCUT2D eigenvalue weighted by Crippen LogP contribution is 2.13. The molecule has 0 bridgehead atoms. The molecule has 0 atom stereocenters. The van der Waals surface area contributed by atoms with E-state index in [0.717, 1.165) is 18.2 Å². The molecule has 0 aliphatic heterocycles. The van der Waals surface area contributed by atoms with Crippen LogP contribution in [0.4, 0.5) is 0 Å². The van der Waals surface area contributed by atoms with Gasteiger partial charge >= 0.3 is 11.9 Å². The molecule has 0 radical (unpaired) electrons. The second-order valence-corrected chi connectivity index (χ2v) is 3.33.